The number of carbonyl (C=O) groups excluding carboxylic acids is 1. The van der Waals surface area contributed by atoms with Gasteiger partial charge in [0.25, 0.3) is 0 Å². The van der Waals surface area contributed by atoms with Crippen molar-refractivity contribution >= 4 is 6.09 Å². The zero-order valence-electron chi connectivity index (χ0n) is 14.7. The first-order chi connectivity index (χ1) is 10.3. The molecule has 2 fully saturated rings. The first-order valence-corrected chi connectivity index (χ1v) is 8.73. The lowest BCUT2D eigenvalue weighted by Gasteiger charge is -2.35. The number of rotatable bonds is 3. The molecule has 5 nitrogen and oxygen atoms in total. The summed E-state index contributed by atoms with van der Waals surface area (Å²) < 4.78 is 5.45. The van der Waals surface area contributed by atoms with Crippen LogP contribution in [0.5, 0.6) is 0 Å². The lowest BCUT2D eigenvalue weighted by molar-refractivity contribution is 0.0182. The van der Waals surface area contributed by atoms with E-state index in [1.807, 2.05) is 25.7 Å². The van der Waals surface area contributed by atoms with Gasteiger partial charge >= 0.3 is 6.09 Å². The summed E-state index contributed by atoms with van der Waals surface area (Å²) in [7, 11) is 2.20. The van der Waals surface area contributed by atoms with Gasteiger partial charge in [0.15, 0.2) is 0 Å². The fourth-order valence-electron chi connectivity index (χ4n) is 3.31. The lowest BCUT2D eigenvalue weighted by atomic mass is 9.96. The molecule has 0 aromatic carbocycles. The van der Waals surface area contributed by atoms with Gasteiger partial charge in [-0.3, -0.25) is 0 Å². The molecule has 2 saturated heterocycles. The van der Waals surface area contributed by atoms with Crippen LogP contribution in [-0.4, -0.2) is 67.3 Å². The summed E-state index contributed by atoms with van der Waals surface area (Å²) in [5.74, 6) is 0.686. The van der Waals surface area contributed by atoms with Crippen LogP contribution in [0.1, 0.15) is 46.5 Å². The van der Waals surface area contributed by atoms with E-state index in [-0.39, 0.29) is 6.09 Å². The standard InChI is InChI=1S/C17H33N3O2/c1-17(2,3)22-16(21)20-10-7-14(8-11-20)12-18-15-6-5-9-19(4)13-15/h14-15,18H,5-13H2,1-4H3. The zero-order valence-corrected chi connectivity index (χ0v) is 14.7. The van der Waals surface area contributed by atoms with Gasteiger partial charge in [-0.2, -0.15) is 0 Å². The van der Waals surface area contributed by atoms with Crippen LogP contribution in [0.25, 0.3) is 0 Å². The van der Waals surface area contributed by atoms with E-state index in [1.54, 1.807) is 0 Å². The van der Waals surface area contributed by atoms with Crippen LogP contribution in [0.2, 0.25) is 0 Å². The van der Waals surface area contributed by atoms with Gasteiger partial charge in [-0.1, -0.05) is 0 Å². The number of nitrogens with zero attached hydrogens (tertiary/aromatic N) is 2. The second kappa shape index (κ2) is 7.64. The van der Waals surface area contributed by atoms with Gasteiger partial charge in [0.1, 0.15) is 5.60 Å². The quantitative estimate of drug-likeness (QED) is 0.869. The minimum absolute atomic E-state index is 0.159. The van der Waals surface area contributed by atoms with Gasteiger partial charge in [-0.05, 0) is 72.5 Å². The average Bonchev–Trinajstić information content (AvgIpc) is 2.44. The molecule has 0 aromatic rings. The monoisotopic (exact) mass is 311 g/mol. The van der Waals surface area contributed by atoms with E-state index in [1.165, 1.54) is 19.4 Å². The maximum absolute atomic E-state index is 12.0. The number of carbonyl (C=O) groups is 1. The maximum Gasteiger partial charge on any atom is 0.410 e. The Morgan fingerprint density at radius 2 is 1.86 bits per heavy atom. The number of likely N-dealkylation sites (tertiary alicyclic amines) is 2. The highest BCUT2D eigenvalue weighted by Gasteiger charge is 2.27. The molecule has 2 aliphatic heterocycles. The molecule has 2 aliphatic rings. The first kappa shape index (κ1) is 17.5. The molecule has 0 saturated carbocycles. The third kappa shape index (κ3) is 5.76. The van der Waals surface area contributed by atoms with E-state index < -0.39 is 5.60 Å². The molecule has 0 aliphatic carbocycles. The van der Waals surface area contributed by atoms with Crippen molar-refractivity contribution in [3.63, 3.8) is 0 Å². The lowest BCUT2D eigenvalue weighted by Crippen LogP contribution is -2.47. The number of piperidine rings is 2. The van der Waals surface area contributed by atoms with Crippen molar-refractivity contribution in [1.82, 2.24) is 15.1 Å². The summed E-state index contributed by atoms with van der Waals surface area (Å²) in [6.07, 6.45) is 4.59. The van der Waals surface area contributed by atoms with Gasteiger partial charge in [-0.15, -0.1) is 0 Å². The molecular formula is C17H33N3O2. The highest BCUT2D eigenvalue weighted by Crippen LogP contribution is 2.19. The summed E-state index contributed by atoms with van der Waals surface area (Å²) in [5.41, 5.74) is -0.400. The Balaban J connectivity index is 1.65. The predicted molar refractivity (Wildman–Crippen MR) is 89.1 cm³/mol. The molecule has 5 heteroatoms. The first-order valence-electron chi connectivity index (χ1n) is 8.73. The van der Waals surface area contributed by atoms with E-state index in [0.717, 1.165) is 39.0 Å². The summed E-state index contributed by atoms with van der Waals surface area (Å²) >= 11 is 0. The summed E-state index contributed by atoms with van der Waals surface area (Å²) in [6, 6.07) is 0.641. The van der Waals surface area contributed by atoms with Gasteiger partial charge in [-0.25, -0.2) is 4.79 Å². The van der Waals surface area contributed by atoms with E-state index in [4.69, 9.17) is 4.74 Å². The average molecular weight is 311 g/mol. The normalized spacial score (nSPS) is 25.3. The van der Waals surface area contributed by atoms with Gasteiger partial charge in [0, 0.05) is 25.7 Å². The van der Waals surface area contributed by atoms with Gasteiger partial charge in [0.05, 0.1) is 0 Å². The number of hydrogen-bond donors (Lipinski definition) is 1. The number of ether oxygens (including phenoxy) is 1. The molecule has 128 valence electrons. The van der Waals surface area contributed by atoms with E-state index in [2.05, 4.69) is 17.3 Å². The Hall–Kier alpha value is -0.810. The van der Waals surface area contributed by atoms with Crippen LogP contribution in [0.4, 0.5) is 4.79 Å². The van der Waals surface area contributed by atoms with Gasteiger partial charge < -0.3 is 19.9 Å². The van der Waals surface area contributed by atoms with Crippen LogP contribution in [-0.2, 0) is 4.74 Å². The van der Waals surface area contributed by atoms with Crippen molar-refractivity contribution in [1.29, 1.82) is 0 Å². The largest absolute Gasteiger partial charge is 0.444 e. The highest BCUT2D eigenvalue weighted by molar-refractivity contribution is 5.68. The minimum atomic E-state index is -0.400. The molecule has 0 spiro atoms. The molecule has 22 heavy (non-hydrogen) atoms. The van der Waals surface area contributed by atoms with Crippen molar-refractivity contribution in [2.45, 2.75) is 58.1 Å². The molecule has 1 unspecified atom stereocenters. The molecule has 0 bridgehead atoms. The molecular weight excluding hydrogens is 278 g/mol. The Labute approximate surface area is 135 Å². The third-order valence-electron chi connectivity index (χ3n) is 4.59. The summed E-state index contributed by atoms with van der Waals surface area (Å²) in [6.45, 7) is 10.9. The summed E-state index contributed by atoms with van der Waals surface area (Å²) in [4.78, 5) is 16.3. The smallest absolute Gasteiger partial charge is 0.410 e. The van der Waals surface area contributed by atoms with Crippen molar-refractivity contribution < 1.29 is 9.53 Å². The van der Waals surface area contributed by atoms with Crippen LogP contribution >= 0.6 is 0 Å². The van der Waals surface area contributed by atoms with Crippen LogP contribution in [0, 0.1) is 5.92 Å². The Morgan fingerprint density at radius 1 is 1.18 bits per heavy atom. The molecule has 1 amide bonds. The molecule has 1 N–H and O–H groups in total. The van der Waals surface area contributed by atoms with Crippen molar-refractivity contribution in [3.8, 4) is 0 Å². The maximum atomic E-state index is 12.0. The number of amides is 1. The Morgan fingerprint density at radius 3 is 2.45 bits per heavy atom. The predicted octanol–water partition coefficient (Wildman–Crippen LogP) is 2.32. The molecule has 2 heterocycles. The molecule has 1 atom stereocenters. The SMILES string of the molecule is CN1CCCC(NCC2CCN(C(=O)OC(C)(C)C)CC2)C1. The van der Waals surface area contributed by atoms with Crippen LogP contribution in [0.3, 0.4) is 0 Å². The second-order valence-corrected chi connectivity index (χ2v) is 7.92. The fraction of sp³-hybridized carbons (Fsp3) is 0.941. The number of nitrogens with one attached hydrogen (secondary N) is 1. The van der Waals surface area contributed by atoms with E-state index in [9.17, 15) is 4.79 Å². The third-order valence-corrected chi connectivity index (χ3v) is 4.59. The highest BCUT2D eigenvalue weighted by atomic mass is 16.6. The fourth-order valence-corrected chi connectivity index (χ4v) is 3.31. The Bertz CT molecular complexity index is 359. The molecule has 0 aromatic heterocycles. The summed E-state index contributed by atoms with van der Waals surface area (Å²) in [5, 5.41) is 3.73. The molecule has 0 radical (unpaired) electrons. The zero-order chi connectivity index (χ0) is 16.2. The number of hydrogen-bond acceptors (Lipinski definition) is 4. The van der Waals surface area contributed by atoms with E-state index >= 15 is 0 Å². The number of likely N-dealkylation sites (N-methyl/N-ethyl adjacent to an activating group) is 1. The van der Waals surface area contributed by atoms with Gasteiger partial charge in [0.2, 0.25) is 0 Å². The second-order valence-electron chi connectivity index (χ2n) is 7.92. The van der Waals surface area contributed by atoms with Crippen molar-refractivity contribution in [2.24, 2.45) is 5.92 Å². The van der Waals surface area contributed by atoms with Crippen LogP contribution < -0.4 is 5.32 Å². The van der Waals surface area contributed by atoms with Crippen LogP contribution in [0.15, 0.2) is 0 Å². The molecule has 2 rings (SSSR count). The van der Waals surface area contributed by atoms with Crippen molar-refractivity contribution in [2.75, 3.05) is 39.8 Å². The van der Waals surface area contributed by atoms with E-state index in [0.29, 0.717) is 12.0 Å². The van der Waals surface area contributed by atoms with Crippen molar-refractivity contribution in [3.05, 3.63) is 0 Å². The minimum Gasteiger partial charge on any atom is -0.444 e. The Kier molecular flexibility index (Phi) is 6.09. The topological polar surface area (TPSA) is 44.8 Å².